The number of halogens is 1. The molecule has 0 atom stereocenters. The van der Waals surface area contributed by atoms with Gasteiger partial charge in [0, 0.05) is 29.1 Å². The fraction of sp³-hybridized carbons (Fsp3) is 0.179. The Morgan fingerprint density at radius 1 is 1.06 bits per heavy atom. The third-order valence-electron chi connectivity index (χ3n) is 6.01. The van der Waals surface area contributed by atoms with Crippen LogP contribution in [0.15, 0.2) is 85.1 Å². The number of nitrogens with zero attached hydrogens (tertiary/aromatic N) is 3. The van der Waals surface area contributed by atoms with Crippen LogP contribution in [0, 0.1) is 5.82 Å². The maximum Gasteiger partial charge on any atom is 0.254 e. The molecule has 4 aromatic rings. The lowest BCUT2D eigenvalue weighted by Gasteiger charge is -2.22. The third kappa shape index (κ3) is 5.12. The molecule has 1 aliphatic carbocycles. The molecule has 5 rings (SSSR count). The minimum absolute atomic E-state index is 0.0196. The van der Waals surface area contributed by atoms with Crippen molar-refractivity contribution in [2.24, 2.45) is 0 Å². The van der Waals surface area contributed by atoms with E-state index in [4.69, 9.17) is 4.74 Å². The van der Waals surface area contributed by atoms with E-state index >= 15 is 0 Å². The van der Waals surface area contributed by atoms with Gasteiger partial charge in [0.05, 0.1) is 12.8 Å². The molecule has 7 nitrogen and oxygen atoms in total. The minimum Gasteiger partial charge on any atom is -0.497 e. The maximum absolute atomic E-state index is 13.5. The fourth-order valence-electron chi connectivity index (χ4n) is 4.01. The number of anilines is 1. The van der Waals surface area contributed by atoms with Crippen LogP contribution in [-0.2, 0) is 4.79 Å². The number of rotatable bonds is 8. The Morgan fingerprint density at radius 2 is 1.81 bits per heavy atom. The molecule has 0 radical (unpaired) electrons. The lowest BCUT2D eigenvalue weighted by molar-refractivity contribution is -0.117. The highest BCUT2D eigenvalue weighted by atomic mass is 19.1. The molecule has 1 aromatic heterocycles. The molecule has 3 aromatic carbocycles. The summed E-state index contributed by atoms with van der Waals surface area (Å²) in [4.78, 5) is 32.6. The van der Waals surface area contributed by atoms with Gasteiger partial charge in [-0.2, -0.15) is 0 Å². The molecule has 2 amide bonds. The average molecular weight is 485 g/mol. The summed E-state index contributed by atoms with van der Waals surface area (Å²) >= 11 is 0. The van der Waals surface area contributed by atoms with Crippen LogP contribution in [0.2, 0.25) is 0 Å². The zero-order chi connectivity index (χ0) is 25.1. The molecular weight excluding hydrogens is 459 g/mol. The first kappa shape index (κ1) is 23.3. The molecule has 1 N–H and O–H groups in total. The summed E-state index contributed by atoms with van der Waals surface area (Å²) in [6.07, 6.45) is 3.49. The fourth-order valence-corrected chi connectivity index (χ4v) is 4.01. The monoisotopic (exact) mass is 484 g/mol. The summed E-state index contributed by atoms with van der Waals surface area (Å²) in [6, 6.07) is 22.4. The molecule has 1 saturated carbocycles. The summed E-state index contributed by atoms with van der Waals surface area (Å²) in [6.45, 7) is -0.113. The summed E-state index contributed by atoms with van der Waals surface area (Å²) < 4.78 is 20.5. The Kier molecular flexibility index (Phi) is 6.49. The van der Waals surface area contributed by atoms with E-state index in [-0.39, 0.29) is 36.2 Å². The molecule has 0 saturated heterocycles. The number of amides is 2. The van der Waals surface area contributed by atoms with E-state index in [1.54, 1.807) is 59.2 Å². The predicted molar refractivity (Wildman–Crippen MR) is 135 cm³/mol. The van der Waals surface area contributed by atoms with Gasteiger partial charge in [-0.25, -0.2) is 9.37 Å². The zero-order valence-electron chi connectivity index (χ0n) is 19.7. The van der Waals surface area contributed by atoms with Crippen molar-refractivity contribution < 1.29 is 18.7 Å². The second-order valence-electron chi connectivity index (χ2n) is 8.61. The first-order chi connectivity index (χ1) is 17.5. The Bertz CT molecular complexity index is 1380. The Labute approximate surface area is 208 Å². The van der Waals surface area contributed by atoms with Crippen LogP contribution in [0.1, 0.15) is 23.2 Å². The number of nitrogens with one attached hydrogen (secondary N) is 1. The van der Waals surface area contributed by atoms with Crippen molar-refractivity contribution in [2.75, 3.05) is 19.0 Å². The lowest BCUT2D eigenvalue weighted by atomic mass is 10.2. The van der Waals surface area contributed by atoms with Crippen molar-refractivity contribution in [3.8, 4) is 22.7 Å². The standard InChI is InChI=1S/C28H25FN4O3/c1-36-24-9-5-8-20(16-24)27(35)32(22-14-15-22)18-26(34)31-28-30-25(19-6-3-2-4-7-19)17-33(28)23-12-10-21(29)11-13-23/h2-13,16-17,22H,14-15,18H2,1H3,(H,30,31,34). The van der Waals surface area contributed by atoms with Gasteiger partial charge in [0.15, 0.2) is 0 Å². The van der Waals surface area contributed by atoms with Gasteiger partial charge in [-0.15, -0.1) is 0 Å². The molecule has 0 aliphatic heterocycles. The van der Waals surface area contributed by atoms with Gasteiger partial charge in [0.2, 0.25) is 11.9 Å². The number of benzene rings is 3. The SMILES string of the molecule is COc1cccc(C(=O)N(CC(=O)Nc2nc(-c3ccccc3)cn2-c2ccc(F)cc2)C2CC2)c1. The molecule has 8 heteroatoms. The molecule has 36 heavy (non-hydrogen) atoms. The molecule has 182 valence electrons. The third-order valence-corrected chi connectivity index (χ3v) is 6.01. The maximum atomic E-state index is 13.5. The van der Waals surface area contributed by atoms with Crippen LogP contribution in [0.5, 0.6) is 5.75 Å². The number of imidazole rings is 1. The van der Waals surface area contributed by atoms with E-state index in [0.717, 1.165) is 18.4 Å². The second-order valence-corrected chi connectivity index (χ2v) is 8.61. The van der Waals surface area contributed by atoms with Crippen LogP contribution in [0.25, 0.3) is 16.9 Å². The molecule has 1 fully saturated rings. The van der Waals surface area contributed by atoms with Crippen molar-refractivity contribution in [1.82, 2.24) is 14.5 Å². The Balaban J connectivity index is 1.40. The number of hydrogen-bond acceptors (Lipinski definition) is 4. The topological polar surface area (TPSA) is 76.5 Å². The molecular formula is C28H25FN4O3. The van der Waals surface area contributed by atoms with E-state index in [1.165, 1.54) is 12.1 Å². The van der Waals surface area contributed by atoms with Crippen LogP contribution in [0.4, 0.5) is 10.3 Å². The van der Waals surface area contributed by atoms with Crippen LogP contribution in [-0.4, -0.2) is 46.0 Å². The smallest absolute Gasteiger partial charge is 0.254 e. The highest BCUT2D eigenvalue weighted by molar-refractivity contribution is 5.99. The van der Waals surface area contributed by atoms with Gasteiger partial charge in [-0.05, 0) is 55.3 Å². The van der Waals surface area contributed by atoms with Gasteiger partial charge in [-0.1, -0.05) is 36.4 Å². The van der Waals surface area contributed by atoms with Crippen molar-refractivity contribution >= 4 is 17.8 Å². The molecule has 1 aliphatic rings. The molecule has 0 spiro atoms. The van der Waals surface area contributed by atoms with E-state index in [9.17, 15) is 14.0 Å². The van der Waals surface area contributed by atoms with Gasteiger partial charge < -0.3 is 9.64 Å². The normalized spacial score (nSPS) is 12.7. The van der Waals surface area contributed by atoms with Crippen molar-refractivity contribution in [3.05, 3.63) is 96.4 Å². The van der Waals surface area contributed by atoms with Gasteiger partial charge in [0.25, 0.3) is 5.91 Å². The zero-order valence-corrected chi connectivity index (χ0v) is 19.7. The number of carbonyl (C=O) groups excluding carboxylic acids is 2. The summed E-state index contributed by atoms with van der Waals surface area (Å²) in [5.74, 6) is -0.0835. The van der Waals surface area contributed by atoms with Crippen molar-refractivity contribution in [3.63, 3.8) is 0 Å². The van der Waals surface area contributed by atoms with Crippen molar-refractivity contribution in [1.29, 1.82) is 0 Å². The van der Waals surface area contributed by atoms with Gasteiger partial charge >= 0.3 is 0 Å². The highest BCUT2D eigenvalue weighted by Gasteiger charge is 2.34. The quantitative estimate of drug-likeness (QED) is 0.385. The Hall–Kier alpha value is -4.46. The lowest BCUT2D eigenvalue weighted by Crippen LogP contribution is -2.39. The Morgan fingerprint density at radius 3 is 2.50 bits per heavy atom. The highest BCUT2D eigenvalue weighted by Crippen LogP contribution is 2.29. The largest absolute Gasteiger partial charge is 0.497 e. The molecule has 0 bridgehead atoms. The first-order valence-corrected chi connectivity index (χ1v) is 11.7. The van der Waals surface area contributed by atoms with E-state index in [0.29, 0.717) is 22.7 Å². The minimum atomic E-state index is -0.369. The number of ether oxygens (including phenoxy) is 1. The average Bonchev–Trinajstić information content (AvgIpc) is 3.67. The van der Waals surface area contributed by atoms with E-state index in [1.807, 2.05) is 30.3 Å². The van der Waals surface area contributed by atoms with E-state index in [2.05, 4.69) is 10.3 Å². The number of carbonyl (C=O) groups is 2. The number of hydrogen-bond donors (Lipinski definition) is 1. The van der Waals surface area contributed by atoms with Crippen LogP contribution >= 0.6 is 0 Å². The van der Waals surface area contributed by atoms with Crippen molar-refractivity contribution in [2.45, 2.75) is 18.9 Å². The first-order valence-electron chi connectivity index (χ1n) is 11.7. The number of methoxy groups -OCH3 is 1. The van der Waals surface area contributed by atoms with Crippen LogP contribution < -0.4 is 10.1 Å². The summed E-state index contributed by atoms with van der Waals surface area (Å²) in [5, 5.41) is 2.86. The molecule has 0 unspecified atom stereocenters. The van der Waals surface area contributed by atoms with Gasteiger partial charge in [-0.3, -0.25) is 19.5 Å². The summed E-state index contributed by atoms with van der Waals surface area (Å²) in [5.41, 5.74) is 2.64. The second kappa shape index (κ2) is 10.0. The van der Waals surface area contributed by atoms with Gasteiger partial charge in [0.1, 0.15) is 18.1 Å². The van der Waals surface area contributed by atoms with Crippen LogP contribution in [0.3, 0.4) is 0 Å². The van der Waals surface area contributed by atoms with E-state index < -0.39 is 0 Å². The number of aromatic nitrogens is 2. The predicted octanol–water partition coefficient (Wildman–Crippen LogP) is 4.93. The molecule has 1 heterocycles. The summed E-state index contributed by atoms with van der Waals surface area (Å²) in [7, 11) is 1.54.